The number of hydrogen-bond acceptors (Lipinski definition) is 4. The molecule has 1 fully saturated rings. The Labute approximate surface area is 156 Å². The third kappa shape index (κ3) is 3.26. The van der Waals surface area contributed by atoms with Crippen LogP contribution in [0.4, 0.5) is 0 Å². The lowest BCUT2D eigenvalue weighted by molar-refractivity contribution is -0.157. The van der Waals surface area contributed by atoms with Gasteiger partial charge in [0.1, 0.15) is 0 Å². The van der Waals surface area contributed by atoms with E-state index in [9.17, 15) is 9.59 Å². The Morgan fingerprint density at radius 3 is 2.85 bits per heavy atom. The van der Waals surface area contributed by atoms with Crippen molar-refractivity contribution in [3.63, 3.8) is 0 Å². The average molecular weight is 358 g/mol. The lowest BCUT2D eigenvalue weighted by Gasteiger charge is -2.58. The fourth-order valence-electron chi connectivity index (χ4n) is 5.31. The Hall–Kier alpha value is -1.84. The van der Waals surface area contributed by atoms with Crippen LogP contribution in [0.5, 0.6) is 0 Å². The molecular formula is C22H30O4. The van der Waals surface area contributed by atoms with E-state index >= 15 is 0 Å². The highest BCUT2D eigenvalue weighted by molar-refractivity contribution is 5.92. The Morgan fingerprint density at radius 1 is 1.42 bits per heavy atom. The average Bonchev–Trinajstić information content (AvgIpc) is 3.09. The number of furan rings is 1. The van der Waals surface area contributed by atoms with Crippen molar-refractivity contribution in [3.8, 4) is 0 Å². The molecule has 26 heavy (non-hydrogen) atoms. The molecule has 0 bridgehead atoms. The van der Waals surface area contributed by atoms with Crippen LogP contribution in [0.15, 0.2) is 34.7 Å². The molecule has 1 aromatic heterocycles. The molecule has 4 nitrogen and oxygen atoms in total. The molecule has 0 spiro atoms. The Bertz CT molecular complexity index is 702. The molecule has 4 atom stereocenters. The molecule has 0 saturated heterocycles. The van der Waals surface area contributed by atoms with E-state index in [2.05, 4.69) is 20.8 Å². The van der Waals surface area contributed by atoms with Crippen molar-refractivity contribution in [2.24, 2.45) is 22.7 Å². The van der Waals surface area contributed by atoms with Crippen molar-refractivity contribution in [2.45, 2.75) is 59.8 Å². The van der Waals surface area contributed by atoms with E-state index in [0.717, 1.165) is 31.2 Å². The van der Waals surface area contributed by atoms with Gasteiger partial charge in [0.25, 0.3) is 0 Å². The predicted octanol–water partition coefficient (Wildman–Crippen LogP) is 4.73. The lowest BCUT2D eigenvalue weighted by atomic mass is 9.46. The van der Waals surface area contributed by atoms with Crippen molar-refractivity contribution in [2.75, 3.05) is 6.61 Å². The number of carbonyl (C=O) groups is 2. The third-order valence-corrected chi connectivity index (χ3v) is 7.23. The zero-order chi connectivity index (χ0) is 18.9. The maximum Gasteiger partial charge on any atom is 0.302 e. The predicted molar refractivity (Wildman–Crippen MR) is 99.5 cm³/mol. The summed E-state index contributed by atoms with van der Waals surface area (Å²) in [7, 11) is 0. The van der Waals surface area contributed by atoms with Gasteiger partial charge in [-0.1, -0.05) is 19.4 Å². The van der Waals surface area contributed by atoms with Gasteiger partial charge in [0.05, 0.1) is 19.1 Å². The summed E-state index contributed by atoms with van der Waals surface area (Å²) in [6.07, 6.45) is 9.78. The smallest absolute Gasteiger partial charge is 0.302 e. The van der Waals surface area contributed by atoms with Gasteiger partial charge >= 0.3 is 5.97 Å². The summed E-state index contributed by atoms with van der Waals surface area (Å²) >= 11 is 0. The van der Waals surface area contributed by atoms with Crippen molar-refractivity contribution < 1.29 is 18.7 Å². The van der Waals surface area contributed by atoms with Crippen LogP contribution in [0, 0.1) is 22.7 Å². The number of esters is 1. The van der Waals surface area contributed by atoms with Crippen molar-refractivity contribution in [1.82, 2.24) is 0 Å². The first-order valence-corrected chi connectivity index (χ1v) is 9.64. The van der Waals surface area contributed by atoms with Crippen molar-refractivity contribution >= 4 is 11.8 Å². The first-order valence-electron chi connectivity index (χ1n) is 9.64. The highest BCUT2D eigenvalue weighted by Gasteiger charge is 2.57. The number of hydrogen-bond donors (Lipinski definition) is 0. The first kappa shape index (κ1) is 18.9. The molecule has 2 aliphatic carbocycles. The van der Waals surface area contributed by atoms with Crippen LogP contribution < -0.4 is 0 Å². The molecular weight excluding hydrogens is 328 g/mol. The molecule has 1 saturated carbocycles. The Kier molecular flexibility index (Phi) is 5.14. The van der Waals surface area contributed by atoms with E-state index in [1.165, 1.54) is 12.5 Å². The van der Waals surface area contributed by atoms with Gasteiger partial charge in [0.15, 0.2) is 5.78 Å². The van der Waals surface area contributed by atoms with Crippen molar-refractivity contribution in [3.05, 3.63) is 35.8 Å². The van der Waals surface area contributed by atoms with Gasteiger partial charge < -0.3 is 9.15 Å². The molecule has 1 aromatic rings. The van der Waals surface area contributed by atoms with E-state index < -0.39 is 0 Å². The van der Waals surface area contributed by atoms with E-state index in [1.54, 1.807) is 12.5 Å². The SMILES string of the molecule is CC(=O)OC[C@@]1(CCc2ccoc2)C2CC(=O)C=C(C)[C@]2(C)CC[C@H]1C. The molecule has 0 N–H and O–H groups in total. The van der Waals surface area contributed by atoms with E-state index in [0.29, 0.717) is 18.9 Å². The minimum absolute atomic E-state index is 0.00301. The monoisotopic (exact) mass is 358 g/mol. The summed E-state index contributed by atoms with van der Waals surface area (Å²) in [6.45, 7) is 8.50. The molecule has 1 heterocycles. The molecule has 4 heteroatoms. The summed E-state index contributed by atoms with van der Waals surface area (Å²) in [5.74, 6) is 0.546. The van der Waals surface area contributed by atoms with Crippen LogP contribution in [-0.2, 0) is 20.7 Å². The van der Waals surface area contributed by atoms with Gasteiger partial charge in [-0.15, -0.1) is 0 Å². The Morgan fingerprint density at radius 2 is 2.19 bits per heavy atom. The zero-order valence-electron chi connectivity index (χ0n) is 16.3. The maximum absolute atomic E-state index is 12.4. The standard InChI is InChI=1S/C22H30O4/c1-15-5-8-21(4)16(2)11-19(24)12-20(21)22(15,14-26-17(3)23)9-6-18-7-10-25-13-18/h7,10-11,13,15,20H,5-6,8-9,12,14H2,1-4H3/t15-,20?,21+,22-/m1/s1. The first-order chi connectivity index (χ1) is 12.3. The van der Waals surface area contributed by atoms with Crippen LogP contribution in [0.1, 0.15) is 58.9 Å². The van der Waals surface area contributed by atoms with Gasteiger partial charge in [-0.2, -0.15) is 0 Å². The molecule has 0 radical (unpaired) electrons. The van der Waals surface area contributed by atoms with E-state index in [4.69, 9.17) is 9.15 Å². The van der Waals surface area contributed by atoms with Gasteiger partial charge in [0, 0.05) is 18.8 Å². The summed E-state index contributed by atoms with van der Waals surface area (Å²) in [4.78, 5) is 24.1. The lowest BCUT2D eigenvalue weighted by Crippen LogP contribution is -2.54. The van der Waals surface area contributed by atoms with Crippen LogP contribution in [-0.4, -0.2) is 18.4 Å². The summed E-state index contributed by atoms with van der Waals surface area (Å²) in [5.41, 5.74) is 2.14. The highest BCUT2D eigenvalue weighted by atomic mass is 16.5. The van der Waals surface area contributed by atoms with Crippen LogP contribution in [0.2, 0.25) is 0 Å². The molecule has 1 unspecified atom stereocenters. The topological polar surface area (TPSA) is 56.5 Å². The zero-order valence-corrected chi connectivity index (χ0v) is 16.3. The number of ether oxygens (including phenoxy) is 1. The molecule has 0 aromatic carbocycles. The van der Waals surface area contributed by atoms with Crippen molar-refractivity contribution in [1.29, 1.82) is 0 Å². The molecule has 142 valence electrons. The molecule has 2 aliphatic rings. The molecule has 0 amide bonds. The second kappa shape index (κ2) is 7.05. The number of rotatable bonds is 5. The van der Waals surface area contributed by atoms with Gasteiger partial charge in [-0.25, -0.2) is 0 Å². The molecule has 3 rings (SSSR count). The largest absolute Gasteiger partial charge is 0.472 e. The molecule has 0 aliphatic heterocycles. The quantitative estimate of drug-likeness (QED) is 0.714. The minimum atomic E-state index is -0.249. The number of allylic oxidation sites excluding steroid dienone is 2. The van der Waals surface area contributed by atoms with E-state index in [1.807, 2.05) is 12.1 Å². The second-order valence-corrected chi connectivity index (χ2v) is 8.55. The van der Waals surface area contributed by atoms with Crippen LogP contribution in [0.25, 0.3) is 0 Å². The fraction of sp³-hybridized carbons (Fsp3) is 0.636. The van der Waals surface area contributed by atoms with E-state index in [-0.39, 0.29) is 28.5 Å². The van der Waals surface area contributed by atoms with Crippen LogP contribution >= 0.6 is 0 Å². The summed E-state index contributed by atoms with van der Waals surface area (Å²) < 4.78 is 10.8. The normalized spacial score (nSPS) is 34.2. The Balaban J connectivity index is 1.98. The van der Waals surface area contributed by atoms with Gasteiger partial charge in [-0.05, 0) is 67.6 Å². The number of ketones is 1. The number of aryl methyl sites for hydroxylation is 1. The maximum atomic E-state index is 12.4. The summed E-state index contributed by atoms with van der Waals surface area (Å²) in [6, 6.07) is 1.99. The van der Waals surface area contributed by atoms with Gasteiger partial charge in [0.2, 0.25) is 0 Å². The fourth-order valence-corrected chi connectivity index (χ4v) is 5.31. The van der Waals surface area contributed by atoms with Gasteiger partial charge in [-0.3, -0.25) is 9.59 Å². The summed E-state index contributed by atoms with van der Waals surface area (Å²) in [5, 5.41) is 0. The number of carbonyl (C=O) groups excluding carboxylic acids is 2. The minimum Gasteiger partial charge on any atom is -0.472 e. The van der Waals surface area contributed by atoms with Crippen LogP contribution in [0.3, 0.4) is 0 Å². The second-order valence-electron chi connectivity index (χ2n) is 8.55. The third-order valence-electron chi connectivity index (χ3n) is 7.23. The number of fused-ring (bicyclic) bond motifs is 1. The highest BCUT2D eigenvalue weighted by Crippen LogP contribution is 2.61.